The monoisotopic (exact) mass is 300 g/mol. The molecule has 0 aliphatic heterocycles. The SMILES string of the molecule is O=C(Oc1c([N+](=O)[O-])ccc2cccnc12)c1cccs1. The lowest BCUT2D eigenvalue weighted by molar-refractivity contribution is -0.385. The number of nitrogens with zero attached hydrogens (tertiary/aromatic N) is 2. The Morgan fingerprint density at radius 3 is 2.81 bits per heavy atom. The average molecular weight is 300 g/mol. The van der Waals surface area contributed by atoms with Crippen LogP contribution in [-0.4, -0.2) is 15.9 Å². The smallest absolute Gasteiger partial charge is 0.354 e. The minimum atomic E-state index is -0.633. The van der Waals surface area contributed by atoms with Gasteiger partial charge in [-0.25, -0.2) is 4.79 Å². The van der Waals surface area contributed by atoms with Gasteiger partial charge in [-0.15, -0.1) is 11.3 Å². The molecule has 0 unspecified atom stereocenters. The van der Waals surface area contributed by atoms with Crippen molar-refractivity contribution in [3.05, 3.63) is 63.0 Å². The van der Waals surface area contributed by atoms with Crippen LogP contribution in [0.5, 0.6) is 5.75 Å². The summed E-state index contributed by atoms with van der Waals surface area (Å²) in [6, 6.07) is 9.63. The van der Waals surface area contributed by atoms with Crippen LogP contribution in [0.3, 0.4) is 0 Å². The highest BCUT2D eigenvalue weighted by atomic mass is 32.1. The fourth-order valence-corrected chi connectivity index (χ4v) is 2.49. The topological polar surface area (TPSA) is 82.3 Å². The molecule has 0 aliphatic rings. The molecule has 7 heteroatoms. The zero-order valence-electron chi connectivity index (χ0n) is 10.6. The Labute approximate surface area is 122 Å². The molecule has 0 amide bonds. The first-order chi connectivity index (χ1) is 10.2. The van der Waals surface area contributed by atoms with E-state index in [-0.39, 0.29) is 17.0 Å². The highest BCUT2D eigenvalue weighted by Gasteiger charge is 2.23. The summed E-state index contributed by atoms with van der Waals surface area (Å²) in [5.74, 6) is -0.761. The third-order valence-corrected chi connectivity index (χ3v) is 3.67. The fourth-order valence-electron chi connectivity index (χ4n) is 1.89. The number of fused-ring (bicyclic) bond motifs is 1. The number of aromatic nitrogens is 1. The van der Waals surface area contributed by atoms with Gasteiger partial charge in [-0.05, 0) is 23.6 Å². The highest BCUT2D eigenvalue weighted by Crippen LogP contribution is 2.34. The van der Waals surface area contributed by atoms with E-state index in [0.29, 0.717) is 10.3 Å². The van der Waals surface area contributed by atoms with Crippen molar-refractivity contribution in [3.63, 3.8) is 0 Å². The van der Waals surface area contributed by atoms with E-state index in [9.17, 15) is 14.9 Å². The number of nitro benzene ring substituents is 1. The molecule has 104 valence electrons. The lowest BCUT2D eigenvalue weighted by Crippen LogP contribution is -2.08. The van der Waals surface area contributed by atoms with Gasteiger partial charge >= 0.3 is 11.7 Å². The molecule has 0 aliphatic carbocycles. The summed E-state index contributed by atoms with van der Waals surface area (Å²) in [5, 5.41) is 13.5. The molecular formula is C14H8N2O4S. The van der Waals surface area contributed by atoms with Crippen molar-refractivity contribution in [3.8, 4) is 5.75 Å². The van der Waals surface area contributed by atoms with Gasteiger partial charge in [0.1, 0.15) is 10.4 Å². The van der Waals surface area contributed by atoms with E-state index in [1.807, 2.05) is 0 Å². The molecule has 1 aromatic carbocycles. The number of pyridine rings is 1. The van der Waals surface area contributed by atoms with Crippen LogP contribution < -0.4 is 4.74 Å². The van der Waals surface area contributed by atoms with Crippen molar-refractivity contribution in [1.82, 2.24) is 4.98 Å². The van der Waals surface area contributed by atoms with E-state index in [1.165, 1.54) is 23.6 Å². The van der Waals surface area contributed by atoms with E-state index in [0.717, 1.165) is 0 Å². The maximum atomic E-state index is 12.0. The third-order valence-electron chi connectivity index (χ3n) is 2.82. The molecule has 0 saturated heterocycles. The van der Waals surface area contributed by atoms with Crippen molar-refractivity contribution >= 4 is 33.9 Å². The van der Waals surface area contributed by atoms with Crippen molar-refractivity contribution in [2.45, 2.75) is 0 Å². The van der Waals surface area contributed by atoms with E-state index in [1.54, 1.807) is 35.7 Å². The zero-order valence-corrected chi connectivity index (χ0v) is 11.4. The Balaban J connectivity index is 2.12. The number of hydrogen-bond donors (Lipinski definition) is 0. The van der Waals surface area contributed by atoms with E-state index >= 15 is 0 Å². The van der Waals surface area contributed by atoms with Crippen LogP contribution in [0.25, 0.3) is 10.9 Å². The number of benzene rings is 1. The number of thiophene rings is 1. The van der Waals surface area contributed by atoms with Gasteiger partial charge in [0.25, 0.3) is 0 Å². The predicted molar refractivity (Wildman–Crippen MR) is 77.7 cm³/mol. The molecule has 3 aromatic rings. The summed E-state index contributed by atoms with van der Waals surface area (Å²) in [7, 11) is 0. The van der Waals surface area contributed by atoms with Crippen molar-refractivity contribution < 1.29 is 14.5 Å². The molecule has 2 heterocycles. The Morgan fingerprint density at radius 2 is 2.10 bits per heavy atom. The summed E-state index contributed by atoms with van der Waals surface area (Å²) in [5.41, 5.74) is 0.00251. The molecule has 0 bridgehead atoms. The van der Waals surface area contributed by atoms with E-state index in [4.69, 9.17) is 4.74 Å². The predicted octanol–water partition coefficient (Wildman–Crippen LogP) is 3.42. The number of ether oxygens (including phenoxy) is 1. The zero-order chi connectivity index (χ0) is 14.8. The summed E-state index contributed by atoms with van der Waals surface area (Å²) < 4.78 is 5.23. The fraction of sp³-hybridized carbons (Fsp3) is 0. The Morgan fingerprint density at radius 1 is 1.24 bits per heavy atom. The molecule has 3 rings (SSSR count). The number of esters is 1. The molecular weight excluding hydrogens is 292 g/mol. The number of rotatable bonds is 3. The van der Waals surface area contributed by atoms with Gasteiger partial charge in [0.2, 0.25) is 5.75 Å². The van der Waals surface area contributed by atoms with E-state index < -0.39 is 10.9 Å². The standard InChI is InChI=1S/C14H8N2O4S/c17-14(11-4-2-8-21-11)20-13-10(16(18)19)6-5-9-3-1-7-15-12(9)13/h1-8H. The summed E-state index contributed by atoms with van der Waals surface area (Å²) in [4.78, 5) is 27.0. The van der Waals surface area contributed by atoms with Crippen molar-refractivity contribution in [2.24, 2.45) is 0 Å². The Bertz CT molecular complexity index is 830. The number of nitro groups is 1. The van der Waals surface area contributed by atoms with Crippen LogP contribution in [0.2, 0.25) is 0 Å². The highest BCUT2D eigenvalue weighted by molar-refractivity contribution is 7.12. The quantitative estimate of drug-likeness (QED) is 0.320. The second-order valence-electron chi connectivity index (χ2n) is 4.11. The van der Waals surface area contributed by atoms with Crippen molar-refractivity contribution in [2.75, 3.05) is 0 Å². The van der Waals surface area contributed by atoms with Gasteiger partial charge < -0.3 is 4.74 Å². The molecule has 0 radical (unpaired) electrons. The van der Waals surface area contributed by atoms with Gasteiger partial charge in [-0.2, -0.15) is 0 Å². The maximum Gasteiger partial charge on any atom is 0.354 e. The van der Waals surface area contributed by atoms with Gasteiger partial charge in [0.15, 0.2) is 0 Å². The van der Waals surface area contributed by atoms with Gasteiger partial charge in [0.05, 0.1) is 4.92 Å². The maximum absolute atomic E-state index is 12.0. The second kappa shape index (κ2) is 5.29. The molecule has 0 saturated carbocycles. The number of hydrogen-bond acceptors (Lipinski definition) is 6. The van der Waals surface area contributed by atoms with Crippen LogP contribution in [-0.2, 0) is 0 Å². The van der Waals surface area contributed by atoms with Crippen LogP contribution in [0, 0.1) is 10.1 Å². The number of carbonyl (C=O) groups excluding carboxylic acids is 1. The second-order valence-corrected chi connectivity index (χ2v) is 5.06. The van der Waals surface area contributed by atoms with Gasteiger partial charge in [-0.1, -0.05) is 12.1 Å². The van der Waals surface area contributed by atoms with Crippen LogP contribution in [0.4, 0.5) is 5.69 Å². The van der Waals surface area contributed by atoms with Crippen molar-refractivity contribution in [1.29, 1.82) is 0 Å². The largest absolute Gasteiger partial charge is 0.413 e. The average Bonchev–Trinajstić information content (AvgIpc) is 3.01. The molecule has 6 nitrogen and oxygen atoms in total. The Hall–Kier alpha value is -2.80. The first kappa shape index (κ1) is 13.2. The molecule has 0 spiro atoms. The molecule has 0 atom stereocenters. The molecule has 0 N–H and O–H groups in total. The third kappa shape index (κ3) is 2.46. The summed E-state index contributed by atoms with van der Waals surface area (Å²) in [6.45, 7) is 0. The van der Waals surface area contributed by atoms with Gasteiger partial charge in [-0.3, -0.25) is 15.1 Å². The Kier molecular flexibility index (Phi) is 3.33. The number of carbonyl (C=O) groups is 1. The summed E-state index contributed by atoms with van der Waals surface area (Å²) >= 11 is 1.21. The molecule has 0 fully saturated rings. The first-order valence-electron chi connectivity index (χ1n) is 5.94. The normalized spacial score (nSPS) is 10.5. The van der Waals surface area contributed by atoms with Crippen LogP contribution in [0.15, 0.2) is 48.0 Å². The lowest BCUT2D eigenvalue weighted by Gasteiger charge is -2.06. The molecule has 2 aromatic heterocycles. The molecule has 21 heavy (non-hydrogen) atoms. The first-order valence-corrected chi connectivity index (χ1v) is 6.82. The summed E-state index contributed by atoms with van der Waals surface area (Å²) in [6.07, 6.45) is 1.49. The minimum Gasteiger partial charge on any atom is -0.413 e. The minimum absolute atomic E-state index is 0.128. The lowest BCUT2D eigenvalue weighted by atomic mass is 10.2. The van der Waals surface area contributed by atoms with Gasteiger partial charge in [0, 0.05) is 17.6 Å². The van der Waals surface area contributed by atoms with E-state index in [2.05, 4.69) is 4.98 Å². The van der Waals surface area contributed by atoms with Crippen LogP contribution >= 0.6 is 11.3 Å². The van der Waals surface area contributed by atoms with Crippen LogP contribution in [0.1, 0.15) is 9.67 Å².